The fraction of sp³-hybridized carbons (Fsp3) is 0.417. The molecule has 0 aliphatic heterocycles. The number of aryl methyl sites for hydroxylation is 1. The van der Waals surface area contributed by atoms with Gasteiger partial charge in [-0.3, -0.25) is 4.79 Å². The summed E-state index contributed by atoms with van der Waals surface area (Å²) in [6.45, 7) is 3.53. The highest BCUT2D eigenvalue weighted by Crippen LogP contribution is 2.23. The summed E-state index contributed by atoms with van der Waals surface area (Å²) in [4.78, 5) is 10.9. The first-order chi connectivity index (χ1) is 6.92. The summed E-state index contributed by atoms with van der Waals surface area (Å²) in [5, 5.41) is 8.96. The smallest absolute Gasteiger partial charge is 0.309 e. The zero-order valence-corrected chi connectivity index (χ0v) is 11.1. The van der Waals surface area contributed by atoms with Gasteiger partial charge >= 0.3 is 5.97 Å². The van der Waals surface area contributed by atoms with Crippen LogP contribution in [0.5, 0.6) is 0 Å². The van der Waals surface area contributed by atoms with Gasteiger partial charge in [0.2, 0.25) is 0 Å². The van der Waals surface area contributed by atoms with Gasteiger partial charge in [0.25, 0.3) is 0 Å². The summed E-state index contributed by atoms with van der Waals surface area (Å²) in [6, 6.07) is 8.20. The summed E-state index contributed by atoms with van der Waals surface area (Å²) >= 11 is 2.26. The van der Waals surface area contributed by atoms with Gasteiger partial charge in [-0.05, 0) is 67.0 Å². The number of halogens is 1. The molecule has 0 bridgehead atoms. The van der Waals surface area contributed by atoms with Crippen molar-refractivity contribution < 1.29 is 9.90 Å². The molecule has 1 aromatic carbocycles. The molecule has 0 atom stereocenters. The number of aliphatic carboxylic acids is 1. The number of carboxylic acid groups (broad SMARTS) is 1. The van der Waals surface area contributed by atoms with E-state index >= 15 is 0 Å². The minimum absolute atomic E-state index is 0.636. The van der Waals surface area contributed by atoms with Gasteiger partial charge in [-0.25, -0.2) is 0 Å². The maximum Gasteiger partial charge on any atom is 0.309 e. The molecule has 1 aromatic rings. The van der Waals surface area contributed by atoms with Crippen molar-refractivity contribution in [1.82, 2.24) is 0 Å². The third-order valence-electron chi connectivity index (χ3n) is 2.53. The maximum absolute atomic E-state index is 10.9. The second-order valence-electron chi connectivity index (χ2n) is 4.32. The molecule has 3 heteroatoms. The van der Waals surface area contributed by atoms with Crippen molar-refractivity contribution >= 4 is 28.6 Å². The van der Waals surface area contributed by atoms with Gasteiger partial charge < -0.3 is 5.11 Å². The van der Waals surface area contributed by atoms with Gasteiger partial charge in [-0.15, -0.1) is 0 Å². The van der Waals surface area contributed by atoms with Crippen LogP contribution in [-0.2, 0) is 11.2 Å². The van der Waals surface area contributed by atoms with Crippen LogP contribution < -0.4 is 0 Å². The lowest BCUT2D eigenvalue weighted by atomic mass is 9.86. The summed E-state index contributed by atoms with van der Waals surface area (Å²) in [6.07, 6.45) is 1.49. The molecule has 0 saturated carbocycles. The number of hydrogen-bond donors (Lipinski definition) is 1. The van der Waals surface area contributed by atoms with Crippen molar-refractivity contribution in [3.05, 3.63) is 33.4 Å². The van der Waals surface area contributed by atoms with E-state index in [0.717, 1.165) is 6.42 Å². The molecule has 0 heterocycles. The van der Waals surface area contributed by atoms with Crippen LogP contribution in [0.25, 0.3) is 0 Å². The number of hydrogen-bond acceptors (Lipinski definition) is 1. The van der Waals surface area contributed by atoms with Crippen LogP contribution in [0.3, 0.4) is 0 Å². The Labute approximate surface area is 104 Å². The summed E-state index contributed by atoms with van der Waals surface area (Å²) in [7, 11) is 0. The molecule has 1 N–H and O–H groups in total. The summed E-state index contributed by atoms with van der Waals surface area (Å²) < 4.78 is 1.20. The highest BCUT2D eigenvalue weighted by molar-refractivity contribution is 14.1. The Bertz CT molecular complexity index is 341. The molecule has 0 aliphatic rings. The molecule has 0 radical (unpaired) electrons. The fourth-order valence-electron chi connectivity index (χ4n) is 1.21. The molecule has 0 aromatic heterocycles. The minimum Gasteiger partial charge on any atom is -0.481 e. The lowest BCUT2D eigenvalue weighted by Crippen LogP contribution is -2.24. The second-order valence-corrected chi connectivity index (χ2v) is 5.56. The lowest BCUT2D eigenvalue weighted by Gasteiger charge is -2.18. The van der Waals surface area contributed by atoms with Gasteiger partial charge in [-0.1, -0.05) is 12.1 Å². The van der Waals surface area contributed by atoms with Crippen molar-refractivity contribution in [1.29, 1.82) is 0 Å². The highest BCUT2D eigenvalue weighted by atomic mass is 127. The van der Waals surface area contributed by atoms with Crippen LogP contribution >= 0.6 is 22.6 Å². The van der Waals surface area contributed by atoms with Crippen molar-refractivity contribution in [2.75, 3.05) is 0 Å². The van der Waals surface area contributed by atoms with E-state index in [1.165, 1.54) is 9.13 Å². The van der Waals surface area contributed by atoms with Crippen LogP contribution in [0.4, 0.5) is 0 Å². The second kappa shape index (κ2) is 4.96. The number of carbonyl (C=O) groups is 1. The van der Waals surface area contributed by atoms with Crippen molar-refractivity contribution in [3.63, 3.8) is 0 Å². The number of benzene rings is 1. The fourth-order valence-corrected chi connectivity index (χ4v) is 1.57. The Hall–Kier alpha value is -0.580. The topological polar surface area (TPSA) is 37.3 Å². The Kier molecular flexibility index (Phi) is 4.13. The average Bonchev–Trinajstić information content (AvgIpc) is 2.17. The van der Waals surface area contributed by atoms with E-state index < -0.39 is 11.4 Å². The van der Waals surface area contributed by atoms with E-state index in [1.807, 2.05) is 12.1 Å². The van der Waals surface area contributed by atoms with E-state index in [0.29, 0.717) is 6.42 Å². The predicted octanol–water partition coefficient (Wildman–Crippen LogP) is 3.33. The van der Waals surface area contributed by atoms with E-state index in [-0.39, 0.29) is 0 Å². The van der Waals surface area contributed by atoms with Gasteiger partial charge in [0.05, 0.1) is 5.41 Å². The minimum atomic E-state index is -0.729. The Morgan fingerprint density at radius 2 is 1.87 bits per heavy atom. The maximum atomic E-state index is 10.9. The monoisotopic (exact) mass is 318 g/mol. The summed E-state index contributed by atoms with van der Waals surface area (Å²) in [5.41, 5.74) is 0.563. The molecule has 1 rings (SSSR count). The SMILES string of the molecule is CC(C)(CCc1ccc(I)cc1)C(=O)O. The zero-order valence-electron chi connectivity index (χ0n) is 8.96. The van der Waals surface area contributed by atoms with Crippen LogP contribution in [0, 0.1) is 8.99 Å². The third kappa shape index (κ3) is 3.81. The first-order valence-corrected chi connectivity index (χ1v) is 5.97. The first kappa shape index (κ1) is 12.5. The Balaban J connectivity index is 2.57. The molecular weight excluding hydrogens is 303 g/mol. The van der Waals surface area contributed by atoms with Gasteiger partial charge in [-0.2, -0.15) is 0 Å². The van der Waals surface area contributed by atoms with E-state index in [2.05, 4.69) is 34.7 Å². The third-order valence-corrected chi connectivity index (χ3v) is 3.25. The molecule has 0 amide bonds. The molecule has 0 fully saturated rings. The molecule has 0 aliphatic carbocycles. The summed E-state index contributed by atoms with van der Waals surface area (Å²) in [5.74, 6) is -0.729. The first-order valence-electron chi connectivity index (χ1n) is 4.90. The average molecular weight is 318 g/mol. The number of carboxylic acids is 1. The standard InChI is InChI=1S/C12H15IO2/c1-12(2,11(14)15)8-7-9-3-5-10(13)6-4-9/h3-6H,7-8H2,1-2H3,(H,14,15). The normalized spacial score (nSPS) is 11.4. The number of rotatable bonds is 4. The van der Waals surface area contributed by atoms with Crippen LogP contribution in [-0.4, -0.2) is 11.1 Å². The molecular formula is C12H15IO2. The lowest BCUT2D eigenvalue weighted by molar-refractivity contribution is -0.147. The van der Waals surface area contributed by atoms with Crippen LogP contribution in [0.1, 0.15) is 25.8 Å². The molecule has 82 valence electrons. The van der Waals surface area contributed by atoms with Crippen LogP contribution in [0.2, 0.25) is 0 Å². The Morgan fingerprint density at radius 3 is 2.33 bits per heavy atom. The largest absolute Gasteiger partial charge is 0.481 e. The zero-order chi connectivity index (χ0) is 11.5. The molecule has 0 unspecified atom stereocenters. The molecule has 2 nitrogen and oxygen atoms in total. The molecule has 0 saturated heterocycles. The Morgan fingerprint density at radius 1 is 1.33 bits per heavy atom. The molecule has 15 heavy (non-hydrogen) atoms. The van der Waals surface area contributed by atoms with Gasteiger partial charge in [0.1, 0.15) is 0 Å². The van der Waals surface area contributed by atoms with E-state index in [4.69, 9.17) is 5.11 Å². The van der Waals surface area contributed by atoms with Gasteiger partial charge in [0, 0.05) is 3.57 Å². The quantitative estimate of drug-likeness (QED) is 0.865. The van der Waals surface area contributed by atoms with Crippen LogP contribution in [0.15, 0.2) is 24.3 Å². The van der Waals surface area contributed by atoms with Crippen molar-refractivity contribution in [2.24, 2.45) is 5.41 Å². The predicted molar refractivity (Wildman–Crippen MR) is 68.9 cm³/mol. The highest BCUT2D eigenvalue weighted by Gasteiger charge is 2.26. The van der Waals surface area contributed by atoms with E-state index in [1.54, 1.807) is 13.8 Å². The van der Waals surface area contributed by atoms with Crippen molar-refractivity contribution in [3.8, 4) is 0 Å². The van der Waals surface area contributed by atoms with Gasteiger partial charge in [0.15, 0.2) is 0 Å². The van der Waals surface area contributed by atoms with E-state index in [9.17, 15) is 4.79 Å². The molecule has 0 spiro atoms. The van der Waals surface area contributed by atoms with Crippen molar-refractivity contribution in [2.45, 2.75) is 26.7 Å².